The molecule has 5 rings (SSSR count). The Balaban J connectivity index is 1.36. The third-order valence-electron chi connectivity index (χ3n) is 8.76. The maximum absolute atomic E-state index is 15.0. The summed E-state index contributed by atoms with van der Waals surface area (Å²) in [6, 6.07) is 1.84. The number of nitrogens with two attached hydrogens (primary N) is 1. The number of rotatable bonds is 5. The Hall–Kier alpha value is -3.02. The van der Waals surface area contributed by atoms with Gasteiger partial charge in [-0.3, -0.25) is 9.69 Å². The Morgan fingerprint density at radius 2 is 1.88 bits per heavy atom. The molecule has 2 saturated heterocycles. The summed E-state index contributed by atoms with van der Waals surface area (Å²) >= 11 is 0. The summed E-state index contributed by atoms with van der Waals surface area (Å²) in [6.07, 6.45) is 4.35. The van der Waals surface area contributed by atoms with Crippen LogP contribution in [0.25, 0.3) is 11.0 Å². The lowest BCUT2D eigenvalue weighted by molar-refractivity contribution is -0.155. The van der Waals surface area contributed by atoms with Gasteiger partial charge in [0, 0.05) is 56.2 Å². The van der Waals surface area contributed by atoms with Crippen molar-refractivity contribution in [3.63, 3.8) is 0 Å². The van der Waals surface area contributed by atoms with E-state index in [0.717, 1.165) is 5.39 Å². The molecule has 3 atom stereocenters. The van der Waals surface area contributed by atoms with Gasteiger partial charge in [-0.15, -0.1) is 0 Å². The minimum atomic E-state index is -2.83. The molecule has 12 heteroatoms. The Bertz CT molecular complexity index is 1280. The monoisotopic (exact) mass is 576 g/mol. The van der Waals surface area contributed by atoms with Crippen molar-refractivity contribution >= 4 is 28.9 Å². The standard InChI is InChI=1S/C29H42F2N6O4/c1-18(2)25(38)40-22-13-20(37-9-6-21-23(32)33-17-34-24(21)37)12-19(22)14-36-16-29(30,31)15-28(36)7-10-35(11-8-28)26(39)41-27(3,4)5/h6,9,17-20,22H,7-8,10-16H2,1-5H3,(H2,32,33,34)/t19?,20?,22-/m0/s1. The second kappa shape index (κ2) is 10.7. The minimum absolute atomic E-state index is 0.0372. The van der Waals surface area contributed by atoms with Crippen molar-refractivity contribution in [1.29, 1.82) is 0 Å². The molecule has 3 fully saturated rings. The fraction of sp³-hybridized carbons (Fsp3) is 0.724. The summed E-state index contributed by atoms with van der Waals surface area (Å²) in [5, 5.41) is 0.751. The molecule has 2 N–H and O–H groups in total. The highest BCUT2D eigenvalue weighted by Gasteiger charge is 2.57. The van der Waals surface area contributed by atoms with Gasteiger partial charge in [-0.25, -0.2) is 23.5 Å². The summed E-state index contributed by atoms with van der Waals surface area (Å²) in [5.74, 6) is -3.17. The molecule has 2 aliphatic heterocycles. The summed E-state index contributed by atoms with van der Waals surface area (Å²) in [6.45, 7) is 9.76. The van der Waals surface area contributed by atoms with Crippen LogP contribution >= 0.6 is 0 Å². The normalized spacial score (nSPS) is 26.2. The number of carbonyl (C=O) groups excluding carboxylic acids is 2. The van der Waals surface area contributed by atoms with Gasteiger partial charge in [-0.1, -0.05) is 13.8 Å². The lowest BCUT2D eigenvalue weighted by Crippen LogP contribution is -2.55. The third-order valence-corrected chi connectivity index (χ3v) is 8.76. The van der Waals surface area contributed by atoms with Crippen LogP contribution in [0, 0.1) is 11.8 Å². The predicted octanol–water partition coefficient (Wildman–Crippen LogP) is 4.64. The van der Waals surface area contributed by atoms with Crippen LogP contribution in [0.1, 0.15) is 72.8 Å². The number of fused-ring (bicyclic) bond motifs is 1. The first-order chi connectivity index (χ1) is 19.2. The zero-order chi connectivity index (χ0) is 29.7. The smallest absolute Gasteiger partial charge is 0.410 e. The Labute approximate surface area is 239 Å². The van der Waals surface area contributed by atoms with Crippen LogP contribution < -0.4 is 5.73 Å². The molecule has 0 bridgehead atoms. The molecule has 2 unspecified atom stereocenters. The van der Waals surface area contributed by atoms with Gasteiger partial charge in [0.15, 0.2) is 0 Å². The highest BCUT2D eigenvalue weighted by Crippen LogP contribution is 2.48. The summed E-state index contributed by atoms with van der Waals surface area (Å²) in [4.78, 5) is 37.4. The second-order valence-corrected chi connectivity index (χ2v) is 13.3. The number of aromatic nitrogens is 3. The van der Waals surface area contributed by atoms with Crippen molar-refractivity contribution in [3.8, 4) is 0 Å². The molecule has 4 heterocycles. The molecule has 1 aliphatic carbocycles. The van der Waals surface area contributed by atoms with E-state index in [2.05, 4.69) is 9.97 Å². The largest absolute Gasteiger partial charge is 0.462 e. The number of piperidine rings is 1. The Morgan fingerprint density at radius 1 is 1.17 bits per heavy atom. The summed E-state index contributed by atoms with van der Waals surface area (Å²) < 4.78 is 43.6. The highest BCUT2D eigenvalue weighted by atomic mass is 19.3. The quantitative estimate of drug-likeness (QED) is 0.512. The number of likely N-dealkylation sites (tertiary alicyclic amines) is 2. The number of ether oxygens (including phenoxy) is 2. The lowest BCUT2D eigenvalue weighted by Gasteiger charge is -2.45. The Morgan fingerprint density at radius 3 is 2.54 bits per heavy atom. The molecule has 226 valence electrons. The first-order valence-electron chi connectivity index (χ1n) is 14.5. The number of hydrogen-bond acceptors (Lipinski definition) is 8. The van der Waals surface area contributed by atoms with Crippen LogP contribution in [0.4, 0.5) is 19.4 Å². The first-order valence-corrected chi connectivity index (χ1v) is 14.5. The van der Waals surface area contributed by atoms with Crippen LogP contribution in [0.2, 0.25) is 0 Å². The molecule has 3 aliphatic rings. The summed E-state index contributed by atoms with van der Waals surface area (Å²) in [5.41, 5.74) is 5.40. The van der Waals surface area contributed by atoms with E-state index in [9.17, 15) is 9.59 Å². The highest BCUT2D eigenvalue weighted by molar-refractivity contribution is 5.86. The van der Waals surface area contributed by atoms with E-state index in [4.69, 9.17) is 15.2 Å². The number of carbonyl (C=O) groups is 2. The van der Waals surface area contributed by atoms with Crippen molar-refractivity contribution < 1.29 is 27.8 Å². The van der Waals surface area contributed by atoms with E-state index in [1.54, 1.807) is 18.7 Å². The molecular formula is C29H42F2N6O4. The van der Waals surface area contributed by atoms with Crippen LogP contribution in [0.3, 0.4) is 0 Å². The first kappa shape index (κ1) is 29.5. The van der Waals surface area contributed by atoms with Gasteiger partial charge in [0.25, 0.3) is 5.92 Å². The molecule has 0 radical (unpaired) electrons. The van der Waals surface area contributed by atoms with E-state index in [0.29, 0.717) is 56.8 Å². The Kier molecular flexibility index (Phi) is 7.67. The minimum Gasteiger partial charge on any atom is -0.462 e. The maximum Gasteiger partial charge on any atom is 0.410 e. The molecular weight excluding hydrogens is 534 g/mol. The number of nitrogen functional groups attached to an aromatic ring is 1. The number of alkyl halides is 2. The van der Waals surface area contributed by atoms with E-state index >= 15 is 8.78 Å². The lowest BCUT2D eigenvalue weighted by atomic mass is 9.83. The van der Waals surface area contributed by atoms with E-state index < -0.39 is 29.3 Å². The molecule has 1 amide bonds. The van der Waals surface area contributed by atoms with Gasteiger partial charge in [0.05, 0.1) is 17.8 Å². The third kappa shape index (κ3) is 6.12. The second-order valence-electron chi connectivity index (χ2n) is 13.3. The number of esters is 1. The van der Waals surface area contributed by atoms with Crippen LogP contribution in [-0.2, 0) is 14.3 Å². The van der Waals surface area contributed by atoms with Crippen molar-refractivity contribution in [3.05, 3.63) is 18.6 Å². The van der Waals surface area contributed by atoms with E-state index in [1.165, 1.54) is 6.33 Å². The fourth-order valence-corrected chi connectivity index (χ4v) is 6.75. The van der Waals surface area contributed by atoms with Gasteiger partial charge in [0.1, 0.15) is 29.5 Å². The zero-order valence-electron chi connectivity index (χ0n) is 24.6. The topological polar surface area (TPSA) is 116 Å². The molecule has 41 heavy (non-hydrogen) atoms. The average molecular weight is 577 g/mol. The molecule has 2 aromatic rings. The number of halogens is 2. The fourth-order valence-electron chi connectivity index (χ4n) is 6.75. The van der Waals surface area contributed by atoms with Crippen molar-refractivity contribution in [2.75, 3.05) is 31.9 Å². The predicted molar refractivity (Wildman–Crippen MR) is 149 cm³/mol. The average Bonchev–Trinajstić information content (AvgIpc) is 3.53. The number of nitrogens with zero attached hydrogens (tertiary/aromatic N) is 5. The molecule has 2 aromatic heterocycles. The van der Waals surface area contributed by atoms with Crippen molar-refractivity contribution in [2.45, 2.75) is 95.9 Å². The van der Waals surface area contributed by atoms with E-state index in [-0.39, 0.29) is 36.8 Å². The number of hydrogen-bond donors (Lipinski definition) is 1. The van der Waals surface area contributed by atoms with Gasteiger partial charge in [-0.2, -0.15) is 0 Å². The van der Waals surface area contributed by atoms with Crippen LogP contribution in [0.15, 0.2) is 18.6 Å². The van der Waals surface area contributed by atoms with Crippen LogP contribution in [-0.4, -0.2) is 85.7 Å². The van der Waals surface area contributed by atoms with Crippen LogP contribution in [0.5, 0.6) is 0 Å². The molecule has 10 nitrogen and oxygen atoms in total. The number of amides is 1. The molecule has 1 saturated carbocycles. The van der Waals surface area contributed by atoms with Crippen molar-refractivity contribution in [1.82, 2.24) is 24.3 Å². The van der Waals surface area contributed by atoms with Gasteiger partial charge < -0.3 is 24.7 Å². The summed E-state index contributed by atoms with van der Waals surface area (Å²) in [7, 11) is 0. The van der Waals surface area contributed by atoms with Gasteiger partial charge in [0.2, 0.25) is 0 Å². The SMILES string of the molecule is CC(C)C(=O)O[C@H]1CC(n2ccc3c(N)ncnc32)CC1CN1CC(F)(F)CC12CCN(C(=O)OC(C)(C)C)CC2. The molecule has 1 spiro atoms. The van der Waals surface area contributed by atoms with E-state index in [1.807, 2.05) is 42.5 Å². The number of anilines is 1. The van der Waals surface area contributed by atoms with Gasteiger partial charge >= 0.3 is 12.1 Å². The van der Waals surface area contributed by atoms with Gasteiger partial charge in [-0.05, 0) is 46.1 Å². The van der Waals surface area contributed by atoms with Crippen molar-refractivity contribution in [2.24, 2.45) is 11.8 Å². The zero-order valence-corrected chi connectivity index (χ0v) is 24.6. The molecule has 0 aromatic carbocycles. The maximum atomic E-state index is 15.0.